The molecule has 0 aliphatic carbocycles. The van der Waals surface area contributed by atoms with Crippen molar-refractivity contribution in [1.82, 2.24) is 0 Å². The van der Waals surface area contributed by atoms with Crippen molar-refractivity contribution < 1.29 is 14.7 Å². The molecule has 1 aromatic heterocycles. The van der Waals surface area contributed by atoms with Crippen molar-refractivity contribution in [1.29, 1.82) is 0 Å². The molecular formula is C14H12N2O3S. The van der Waals surface area contributed by atoms with Crippen LogP contribution in [0.5, 0.6) is 0 Å². The number of urea groups is 1. The molecule has 20 heavy (non-hydrogen) atoms. The zero-order valence-corrected chi connectivity index (χ0v) is 11.3. The summed E-state index contributed by atoms with van der Waals surface area (Å²) < 4.78 is 0. The Morgan fingerprint density at radius 1 is 1.15 bits per heavy atom. The quantitative estimate of drug-likeness (QED) is 0.944. The van der Waals surface area contributed by atoms with Crippen LogP contribution in [0.4, 0.5) is 15.5 Å². The maximum atomic E-state index is 12.4. The fourth-order valence-corrected chi connectivity index (χ4v) is 2.96. The SMILES string of the molecule is O=C(O)c1cccc(N2CCN(c3cccs3)C2=O)c1. The van der Waals surface area contributed by atoms with Gasteiger partial charge < -0.3 is 5.11 Å². The van der Waals surface area contributed by atoms with Crippen molar-refractivity contribution in [3.63, 3.8) is 0 Å². The second-order valence-corrected chi connectivity index (χ2v) is 5.32. The Kier molecular flexibility index (Phi) is 3.15. The van der Waals surface area contributed by atoms with Crippen molar-refractivity contribution in [2.75, 3.05) is 22.9 Å². The number of nitrogens with zero attached hydrogens (tertiary/aromatic N) is 2. The zero-order valence-electron chi connectivity index (χ0n) is 10.5. The van der Waals surface area contributed by atoms with E-state index in [0.717, 1.165) is 5.00 Å². The lowest BCUT2D eigenvalue weighted by atomic mass is 10.2. The number of aromatic carboxylic acids is 1. The molecule has 0 saturated carbocycles. The molecule has 0 unspecified atom stereocenters. The number of carbonyl (C=O) groups excluding carboxylic acids is 1. The second-order valence-electron chi connectivity index (χ2n) is 4.39. The van der Waals surface area contributed by atoms with Crippen LogP contribution in [-0.4, -0.2) is 30.2 Å². The van der Waals surface area contributed by atoms with Gasteiger partial charge in [-0.1, -0.05) is 6.07 Å². The first kappa shape index (κ1) is 12.7. The molecule has 1 aliphatic heterocycles. The summed E-state index contributed by atoms with van der Waals surface area (Å²) in [5, 5.41) is 11.8. The van der Waals surface area contributed by atoms with E-state index in [1.807, 2.05) is 17.5 Å². The first-order chi connectivity index (χ1) is 9.66. The Hall–Kier alpha value is -2.34. The van der Waals surface area contributed by atoms with Crippen molar-refractivity contribution in [3.05, 3.63) is 47.3 Å². The summed E-state index contributed by atoms with van der Waals surface area (Å²) in [5.41, 5.74) is 0.804. The van der Waals surface area contributed by atoms with E-state index in [0.29, 0.717) is 18.8 Å². The third-order valence-electron chi connectivity index (χ3n) is 3.19. The third kappa shape index (κ3) is 2.14. The van der Waals surface area contributed by atoms with Gasteiger partial charge in [-0.25, -0.2) is 9.59 Å². The molecule has 6 heteroatoms. The summed E-state index contributed by atoms with van der Waals surface area (Å²) in [4.78, 5) is 26.7. The van der Waals surface area contributed by atoms with Gasteiger partial charge in [-0.3, -0.25) is 9.80 Å². The average molecular weight is 288 g/mol. The number of carboxylic acids is 1. The molecule has 1 fully saturated rings. The number of rotatable bonds is 3. The molecule has 0 spiro atoms. The van der Waals surface area contributed by atoms with Gasteiger partial charge in [0.05, 0.1) is 10.6 Å². The van der Waals surface area contributed by atoms with Crippen LogP contribution in [0.15, 0.2) is 41.8 Å². The topological polar surface area (TPSA) is 60.9 Å². The van der Waals surface area contributed by atoms with E-state index in [-0.39, 0.29) is 11.6 Å². The molecule has 1 N–H and O–H groups in total. The maximum Gasteiger partial charge on any atom is 0.335 e. The van der Waals surface area contributed by atoms with Crippen LogP contribution in [0.1, 0.15) is 10.4 Å². The van der Waals surface area contributed by atoms with E-state index in [9.17, 15) is 9.59 Å². The smallest absolute Gasteiger partial charge is 0.335 e. The fraction of sp³-hybridized carbons (Fsp3) is 0.143. The fourth-order valence-electron chi connectivity index (χ4n) is 2.21. The maximum absolute atomic E-state index is 12.4. The largest absolute Gasteiger partial charge is 0.478 e. The molecule has 102 valence electrons. The Morgan fingerprint density at radius 2 is 1.95 bits per heavy atom. The lowest BCUT2D eigenvalue weighted by Gasteiger charge is -2.17. The second kappa shape index (κ2) is 4.97. The number of carbonyl (C=O) groups is 2. The molecule has 5 nitrogen and oxygen atoms in total. The van der Waals surface area contributed by atoms with Gasteiger partial charge in [0, 0.05) is 18.8 Å². The number of thiophene rings is 1. The van der Waals surface area contributed by atoms with Crippen molar-refractivity contribution in [2.24, 2.45) is 0 Å². The van der Waals surface area contributed by atoms with Crippen LogP contribution < -0.4 is 9.80 Å². The van der Waals surface area contributed by atoms with E-state index in [2.05, 4.69) is 0 Å². The van der Waals surface area contributed by atoms with E-state index in [1.54, 1.807) is 21.9 Å². The molecule has 2 heterocycles. The van der Waals surface area contributed by atoms with Gasteiger partial charge in [0.15, 0.2) is 0 Å². The molecule has 0 bridgehead atoms. The molecule has 1 aliphatic rings. The van der Waals surface area contributed by atoms with E-state index < -0.39 is 5.97 Å². The number of amides is 2. The Balaban J connectivity index is 1.87. The highest BCUT2D eigenvalue weighted by molar-refractivity contribution is 7.14. The summed E-state index contributed by atoms with van der Waals surface area (Å²) in [5.74, 6) is -0.992. The highest BCUT2D eigenvalue weighted by Crippen LogP contribution is 2.28. The summed E-state index contributed by atoms with van der Waals surface area (Å²) in [6.45, 7) is 1.16. The van der Waals surface area contributed by atoms with Crippen molar-refractivity contribution >= 4 is 34.0 Å². The van der Waals surface area contributed by atoms with Crippen molar-refractivity contribution in [3.8, 4) is 0 Å². The van der Waals surface area contributed by atoms with E-state index >= 15 is 0 Å². The van der Waals surface area contributed by atoms with Gasteiger partial charge in [-0.2, -0.15) is 0 Å². The highest BCUT2D eigenvalue weighted by atomic mass is 32.1. The van der Waals surface area contributed by atoms with Gasteiger partial charge in [0.25, 0.3) is 0 Å². The molecule has 0 radical (unpaired) electrons. The molecule has 0 atom stereocenters. The Bertz CT molecular complexity index is 654. The van der Waals surface area contributed by atoms with Crippen LogP contribution in [0.2, 0.25) is 0 Å². The lowest BCUT2D eigenvalue weighted by molar-refractivity contribution is 0.0697. The van der Waals surface area contributed by atoms with Gasteiger partial charge in [0.2, 0.25) is 0 Å². The first-order valence-electron chi connectivity index (χ1n) is 6.13. The van der Waals surface area contributed by atoms with E-state index in [4.69, 9.17) is 5.11 Å². The molecule has 1 aromatic carbocycles. The number of hydrogen-bond donors (Lipinski definition) is 1. The monoisotopic (exact) mass is 288 g/mol. The molecule has 1 saturated heterocycles. The van der Waals surface area contributed by atoms with Gasteiger partial charge >= 0.3 is 12.0 Å². The summed E-state index contributed by atoms with van der Waals surface area (Å²) in [6.07, 6.45) is 0. The highest BCUT2D eigenvalue weighted by Gasteiger charge is 2.31. The normalized spacial score (nSPS) is 14.9. The van der Waals surface area contributed by atoms with Crippen LogP contribution >= 0.6 is 11.3 Å². The zero-order chi connectivity index (χ0) is 14.1. The minimum Gasteiger partial charge on any atom is -0.478 e. The predicted molar refractivity (Wildman–Crippen MR) is 77.8 cm³/mol. The molecular weight excluding hydrogens is 276 g/mol. The van der Waals surface area contributed by atoms with Crippen LogP contribution in [-0.2, 0) is 0 Å². The summed E-state index contributed by atoms with van der Waals surface area (Å²) in [6, 6.07) is 10.1. The number of anilines is 2. The molecule has 2 amide bonds. The van der Waals surface area contributed by atoms with Crippen molar-refractivity contribution in [2.45, 2.75) is 0 Å². The summed E-state index contributed by atoms with van der Waals surface area (Å²) in [7, 11) is 0. The third-order valence-corrected chi connectivity index (χ3v) is 4.08. The van der Waals surface area contributed by atoms with Gasteiger partial charge in [-0.15, -0.1) is 11.3 Å². The first-order valence-corrected chi connectivity index (χ1v) is 7.00. The van der Waals surface area contributed by atoms with Gasteiger partial charge in [0.1, 0.15) is 0 Å². The standard InChI is InChI=1S/C14H12N2O3S/c17-13(18)10-3-1-4-11(9-10)15-6-7-16(14(15)19)12-5-2-8-20-12/h1-5,8-9H,6-7H2,(H,17,18). The number of carboxylic acid groups (broad SMARTS) is 1. The Morgan fingerprint density at radius 3 is 2.65 bits per heavy atom. The average Bonchev–Trinajstić information content (AvgIpc) is 3.08. The van der Waals surface area contributed by atoms with Gasteiger partial charge in [-0.05, 0) is 35.7 Å². The lowest BCUT2D eigenvalue weighted by Crippen LogP contribution is -2.31. The minimum absolute atomic E-state index is 0.116. The van der Waals surface area contributed by atoms with Crippen LogP contribution in [0.25, 0.3) is 0 Å². The van der Waals surface area contributed by atoms with Crippen LogP contribution in [0, 0.1) is 0 Å². The number of hydrogen-bond acceptors (Lipinski definition) is 3. The predicted octanol–water partition coefficient (Wildman–Crippen LogP) is 2.89. The minimum atomic E-state index is -0.992. The van der Waals surface area contributed by atoms with Crippen LogP contribution in [0.3, 0.4) is 0 Å². The number of benzene rings is 1. The molecule has 3 rings (SSSR count). The van der Waals surface area contributed by atoms with E-state index in [1.165, 1.54) is 23.5 Å². The summed E-state index contributed by atoms with van der Waals surface area (Å²) >= 11 is 1.51. The molecule has 2 aromatic rings. The Labute approximate surface area is 119 Å².